The number of allylic oxidation sites excluding steroid dienone is 1. The summed E-state index contributed by atoms with van der Waals surface area (Å²) in [5.74, 6) is 0.735. The highest BCUT2D eigenvalue weighted by Crippen LogP contribution is 2.34. The topological polar surface area (TPSA) is 135 Å². The Balaban J connectivity index is 1.36. The minimum atomic E-state index is -0.144. The van der Waals surface area contributed by atoms with E-state index in [9.17, 15) is 4.79 Å². The van der Waals surface area contributed by atoms with Crippen LogP contribution in [0, 0.1) is 5.41 Å². The van der Waals surface area contributed by atoms with Gasteiger partial charge in [-0.1, -0.05) is 30.3 Å². The summed E-state index contributed by atoms with van der Waals surface area (Å²) in [4.78, 5) is 24.6. The molecule has 1 fully saturated rings. The number of aromatic nitrogens is 2. The van der Waals surface area contributed by atoms with Gasteiger partial charge in [0.05, 0.1) is 30.8 Å². The number of anilines is 2. The van der Waals surface area contributed by atoms with Crippen molar-refractivity contribution in [3.05, 3.63) is 77.1 Å². The van der Waals surface area contributed by atoms with E-state index in [1.807, 2.05) is 43.6 Å². The van der Waals surface area contributed by atoms with Crippen molar-refractivity contribution >= 4 is 34.5 Å². The average Bonchev–Trinajstić information content (AvgIpc) is 3.00. The number of ether oxygens (including phenoxy) is 1. The van der Waals surface area contributed by atoms with E-state index in [0.29, 0.717) is 48.0 Å². The SMILES string of the molecule is CN/C(=C1\C(=N)CCc2cnc(Nc3ccc(C(=O)NC4CCN(CCO)CC4)cc3OC)nc21)c1ccccc1. The van der Waals surface area contributed by atoms with Crippen molar-refractivity contribution < 1.29 is 14.6 Å². The van der Waals surface area contributed by atoms with Gasteiger partial charge in [0.2, 0.25) is 5.95 Å². The zero-order chi connectivity index (χ0) is 28.8. The number of methoxy groups -OCH3 is 1. The normalized spacial score (nSPS) is 17.0. The van der Waals surface area contributed by atoms with E-state index in [1.54, 1.807) is 25.3 Å². The quantitative estimate of drug-likeness (QED) is 0.271. The third kappa shape index (κ3) is 6.39. The Bertz CT molecular complexity index is 1430. The molecule has 3 aromatic rings. The highest BCUT2D eigenvalue weighted by molar-refractivity contribution is 6.29. The lowest BCUT2D eigenvalue weighted by Crippen LogP contribution is -2.45. The van der Waals surface area contributed by atoms with Crippen molar-refractivity contribution in [3.63, 3.8) is 0 Å². The number of benzene rings is 2. The van der Waals surface area contributed by atoms with Crippen LogP contribution in [0.1, 0.15) is 46.4 Å². The van der Waals surface area contributed by atoms with Crippen LogP contribution in [0.4, 0.5) is 11.6 Å². The molecule has 1 aliphatic carbocycles. The number of amides is 1. The third-order valence-electron chi connectivity index (χ3n) is 7.66. The molecule has 1 aliphatic heterocycles. The number of aliphatic hydroxyl groups is 1. The number of hydrogen-bond donors (Lipinski definition) is 5. The van der Waals surface area contributed by atoms with Gasteiger partial charge in [-0.3, -0.25) is 4.79 Å². The zero-order valence-corrected chi connectivity index (χ0v) is 23.5. The molecule has 0 bridgehead atoms. The Morgan fingerprint density at radius 3 is 2.61 bits per heavy atom. The van der Waals surface area contributed by atoms with Crippen LogP contribution in [0.2, 0.25) is 0 Å². The van der Waals surface area contributed by atoms with E-state index in [1.165, 1.54) is 0 Å². The number of carbonyl (C=O) groups is 1. The summed E-state index contributed by atoms with van der Waals surface area (Å²) in [5.41, 5.74) is 6.01. The fourth-order valence-corrected chi connectivity index (χ4v) is 5.45. The predicted molar refractivity (Wildman–Crippen MR) is 161 cm³/mol. The molecule has 2 heterocycles. The van der Waals surface area contributed by atoms with Crippen LogP contribution in [0.3, 0.4) is 0 Å². The molecule has 1 aromatic heterocycles. The Morgan fingerprint density at radius 1 is 1.12 bits per heavy atom. The Kier molecular flexibility index (Phi) is 8.91. The maximum atomic E-state index is 13.0. The summed E-state index contributed by atoms with van der Waals surface area (Å²) in [6.07, 6.45) is 4.85. The first-order valence-electron chi connectivity index (χ1n) is 14.0. The molecule has 1 amide bonds. The molecule has 2 aromatic carbocycles. The number of likely N-dealkylation sites (tertiary alicyclic amines) is 1. The van der Waals surface area contributed by atoms with Gasteiger partial charge in [-0.2, -0.15) is 0 Å². The molecule has 0 radical (unpaired) electrons. The van der Waals surface area contributed by atoms with Gasteiger partial charge >= 0.3 is 0 Å². The average molecular weight is 556 g/mol. The number of piperidine rings is 1. The Morgan fingerprint density at radius 2 is 1.90 bits per heavy atom. The van der Waals surface area contributed by atoms with E-state index in [4.69, 9.17) is 20.2 Å². The van der Waals surface area contributed by atoms with Gasteiger partial charge in [-0.05, 0) is 55.0 Å². The first-order valence-corrected chi connectivity index (χ1v) is 14.0. The van der Waals surface area contributed by atoms with Gasteiger partial charge in [0, 0.05) is 55.8 Å². The number of carbonyl (C=O) groups excluding carboxylic acids is 1. The van der Waals surface area contributed by atoms with Crippen molar-refractivity contribution in [1.29, 1.82) is 5.41 Å². The molecule has 5 N–H and O–H groups in total. The number of nitrogens with zero attached hydrogens (tertiary/aromatic N) is 3. The van der Waals surface area contributed by atoms with Crippen LogP contribution in [0.15, 0.2) is 54.7 Å². The molecule has 0 atom stereocenters. The summed E-state index contributed by atoms with van der Waals surface area (Å²) < 4.78 is 5.62. The number of β-amino-alcohol motifs (C(OH)–C–C–N with tert-alkyl or cyclic N) is 1. The Labute approximate surface area is 240 Å². The van der Waals surface area contributed by atoms with Gasteiger partial charge in [0.1, 0.15) is 5.75 Å². The first kappa shape index (κ1) is 28.3. The molecular weight excluding hydrogens is 518 g/mol. The van der Waals surface area contributed by atoms with Crippen LogP contribution < -0.4 is 20.7 Å². The second kappa shape index (κ2) is 12.9. The number of hydrogen-bond acceptors (Lipinski definition) is 9. The molecule has 41 heavy (non-hydrogen) atoms. The predicted octanol–water partition coefficient (Wildman–Crippen LogP) is 3.47. The second-order valence-electron chi connectivity index (χ2n) is 10.3. The number of rotatable bonds is 9. The minimum Gasteiger partial charge on any atom is -0.495 e. The van der Waals surface area contributed by atoms with Crippen molar-refractivity contribution in [3.8, 4) is 5.75 Å². The number of fused-ring (bicyclic) bond motifs is 1. The van der Waals surface area contributed by atoms with Crippen LogP contribution in [0.5, 0.6) is 5.75 Å². The first-order chi connectivity index (χ1) is 20.0. The van der Waals surface area contributed by atoms with E-state index in [0.717, 1.165) is 54.0 Å². The molecule has 214 valence electrons. The minimum absolute atomic E-state index is 0.101. The fourth-order valence-electron chi connectivity index (χ4n) is 5.45. The van der Waals surface area contributed by atoms with E-state index < -0.39 is 0 Å². The molecule has 0 saturated carbocycles. The molecule has 0 unspecified atom stereocenters. The molecule has 2 aliphatic rings. The van der Waals surface area contributed by atoms with Gasteiger partial charge in [0.25, 0.3) is 5.91 Å². The molecule has 5 rings (SSSR count). The summed E-state index contributed by atoms with van der Waals surface area (Å²) in [6.45, 7) is 2.54. The number of nitrogens with one attached hydrogen (secondary N) is 4. The largest absolute Gasteiger partial charge is 0.495 e. The van der Waals surface area contributed by atoms with Crippen LogP contribution in [-0.4, -0.2) is 78.0 Å². The highest BCUT2D eigenvalue weighted by Gasteiger charge is 2.26. The van der Waals surface area contributed by atoms with E-state index >= 15 is 0 Å². The summed E-state index contributed by atoms with van der Waals surface area (Å²) >= 11 is 0. The van der Waals surface area contributed by atoms with Crippen molar-refractivity contribution in [2.24, 2.45) is 0 Å². The van der Waals surface area contributed by atoms with Gasteiger partial charge < -0.3 is 36.1 Å². The van der Waals surface area contributed by atoms with Crippen molar-refractivity contribution in [2.75, 3.05) is 45.7 Å². The van der Waals surface area contributed by atoms with E-state index in [2.05, 4.69) is 25.8 Å². The summed E-state index contributed by atoms with van der Waals surface area (Å²) in [6, 6.07) is 15.3. The van der Waals surface area contributed by atoms with E-state index in [-0.39, 0.29) is 18.6 Å². The molecule has 10 nitrogen and oxygen atoms in total. The third-order valence-corrected chi connectivity index (χ3v) is 7.66. The number of aliphatic hydroxyl groups excluding tert-OH is 1. The standard InChI is InChI=1S/C31H37N7O3/c1-33-28(20-6-4-3-5-7-20)27-24(32)10-8-22-19-34-31(37-29(22)27)36-25-11-9-21(18-26(25)41-2)30(40)35-23-12-14-38(15-13-23)16-17-39/h3-7,9,11,18-19,23,32-33,39H,8,10,12-17H2,1-2H3,(H,35,40)(H,34,36,37)/b28-27+,32-24?. The maximum absolute atomic E-state index is 13.0. The monoisotopic (exact) mass is 555 g/mol. The molecule has 1 saturated heterocycles. The lowest BCUT2D eigenvalue weighted by molar-refractivity contribution is 0.0903. The summed E-state index contributed by atoms with van der Waals surface area (Å²) in [7, 11) is 3.42. The lowest BCUT2D eigenvalue weighted by Gasteiger charge is -2.31. The summed E-state index contributed by atoms with van der Waals surface area (Å²) in [5, 5.41) is 27.6. The number of aryl methyl sites for hydroxylation is 1. The van der Waals surface area contributed by atoms with Crippen LogP contribution in [0.25, 0.3) is 11.3 Å². The lowest BCUT2D eigenvalue weighted by atomic mass is 9.87. The van der Waals surface area contributed by atoms with Gasteiger partial charge in [0.15, 0.2) is 0 Å². The molecular formula is C31H37N7O3. The van der Waals surface area contributed by atoms with Crippen molar-refractivity contribution in [1.82, 2.24) is 25.5 Å². The van der Waals surface area contributed by atoms with Crippen LogP contribution in [-0.2, 0) is 6.42 Å². The highest BCUT2D eigenvalue weighted by atomic mass is 16.5. The Hall–Kier alpha value is -4.28. The molecule has 10 heteroatoms. The maximum Gasteiger partial charge on any atom is 0.251 e. The smallest absolute Gasteiger partial charge is 0.251 e. The van der Waals surface area contributed by atoms with Crippen molar-refractivity contribution in [2.45, 2.75) is 31.7 Å². The second-order valence-corrected chi connectivity index (χ2v) is 10.3. The van der Waals surface area contributed by atoms with Crippen LogP contribution >= 0.6 is 0 Å². The van der Waals surface area contributed by atoms with Gasteiger partial charge in [-0.15, -0.1) is 0 Å². The zero-order valence-electron chi connectivity index (χ0n) is 23.5. The van der Waals surface area contributed by atoms with Gasteiger partial charge in [-0.25, -0.2) is 9.97 Å². The molecule has 0 spiro atoms. The fraction of sp³-hybridized carbons (Fsp3) is 0.355.